The zero-order valence-corrected chi connectivity index (χ0v) is 15.3. The Kier molecular flexibility index (Phi) is 3.88. The number of fused-ring (bicyclic) bond motifs is 2. The van der Waals surface area contributed by atoms with E-state index >= 15 is 0 Å². The standard InChI is InChI=1S/C21H16N4OS/c22-10-14-4-7-18-15(8-14)2-1-3-20(18)26-17-6-5-16-11-24-25(19(16)9-17)21-12-23-13-27-21/h4-9,11-13,20H,1-3H2/t20-/m0/s1. The van der Waals surface area contributed by atoms with Gasteiger partial charge in [-0.2, -0.15) is 10.4 Å². The zero-order chi connectivity index (χ0) is 18.2. The quantitative estimate of drug-likeness (QED) is 0.518. The van der Waals surface area contributed by atoms with Gasteiger partial charge in [-0.3, -0.25) is 4.98 Å². The number of hydrogen-bond donors (Lipinski definition) is 0. The second-order valence-corrected chi connectivity index (χ2v) is 7.51. The lowest BCUT2D eigenvalue weighted by atomic mass is 9.88. The van der Waals surface area contributed by atoms with Gasteiger partial charge in [-0.15, -0.1) is 11.3 Å². The first-order valence-corrected chi connectivity index (χ1v) is 9.76. The van der Waals surface area contributed by atoms with Crippen LogP contribution in [0.1, 0.15) is 35.6 Å². The van der Waals surface area contributed by atoms with Crippen LogP contribution in [0.15, 0.2) is 54.3 Å². The summed E-state index contributed by atoms with van der Waals surface area (Å²) in [4.78, 5) is 4.14. The number of thiazole rings is 1. The van der Waals surface area contributed by atoms with Crippen LogP contribution in [-0.4, -0.2) is 14.8 Å². The van der Waals surface area contributed by atoms with Crippen molar-refractivity contribution in [2.45, 2.75) is 25.4 Å². The molecule has 0 bridgehead atoms. The van der Waals surface area contributed by atoms with Crippen molar-refractivity contribution in [3.05, 3.63) is 71.0 Å². The third-order valence-electron chi connectivity index (χ3n) is 4.98. The molecular formula is C21H16N4OS. The molecule has 1 aliphatic carbocycles. The number of aryl methyl sites for hydroxylation is 1. The Bertz CT molecular complexity index is 1160. The third kappa shape index (κ3) is 2.86. The Hall–Kier alpha value is -3.17. The maximum atomic E-state index is 9.13. The Morgan fingerprint density at radius 3 is 3.00 bits per heavy atom. The van der Waals surface area contributed by atoms with Gasteiger partial charge in [0.1, 0.15) is 16.9 Å². The fourth-order valence-electron chi connectivity index (χ4n) is 3.69. The van der Waals surface area contributed by atoms with E-state index in [0.29, 0.717) is 5.56 Å². The van der Waals surface area contributed by atoms with Gasteiger partial charge in [0, 0.05) is 11.5 Å². The number of rotatable bonds is 3. The predicted octanol–water partition coefficient (Wildman–Crippen LogP) is 4.81. The molecule has 0 unspecified atom stereocenters. The Morgan fingerprint density at radius 1 is 1.19 bits per heavy atom. The summed E-state index contributed by atoms with van der Waals surface area (Å²) in [7, 11) is 0. The van der Waals surface area contributed by atoms with Crippen molar-refractivity contribution in [2.75, 3.05) is 0 Å². The molecule has 0 fully saturated rings. The van der Waals surface area contributed by atoms with Gasteiger partial charge in [0.25, 0.3) is 0 Å². The lowest BCUT2D eigenvalue weighted by Gasteiger charge is -2.26. The molecule has 2 aromatic heterocycles. The molecule has 1 aliphatic rings. The van der Waals surface area contributed by atoms with E-state index in [4.69, 9.17) is 10.00 Å². The first kappa shape index (κ1) is 16.0. The van der Waals surface area contributed by atoms with Gasteiger partial charge in [-0.25, -0.2) is 4.68 Å². The zero-order valence-electron chi connectivity index (χ0n) is 14.5. The number of hydrogen-bond acceptors (Lipinski definition) is 5. The summed E-state index contributed by atoms with van der Waals surface area (Å²) in [6.07, 6.45) is 6.73. The van der Waals surface area contributed by atoms with Gasteiger partial charge < -0.3 is 4.74 Å². The number of ether oxygens (including phenoxy) is 1. The van der Waals surface area contributed by atoms with E-state index in [1.807, 2.05) is 53.5 Å². The first-order chi connectivity index (χ1) is 13.3. The highest BCUT2D eigenvalue weighted by Crippen LogP contribution is 2.35. The van der Waals surface area contributed by atoms with Gasteiger partial charge in [0.15, 0.2) is 0 Å². The minimum Gasteiger partial charge on any atom is -0.486 e. The van der Waals surface area contributed by atoms with Crippen LogP contribution >= 0.6 is 11.3 Å². The molecule has 6 heteroatoms. The smallest absolute Gasteiger partial charge is 0.138 e. The van der Waals surface area contributed by atoms with Crippen LogP contribution in [0.2, 0.25) is 0 Å². The summed E-state index contributed by atoms with van der Waals surface area (Å²) in [5, 5.41) is 15.7. The molecule has 27 heavy (non-hydrogen) atoms. The molecule has 4 aromatic rings. The van der Waals surface area contributed by atoms with Crippen molar-refractivity contribution < 1.29 is 4.74 Å². The van der Waals surface area contributed by atoms with Gasteiger partial charge in [0.05, 0.1) is 35.1 Å². The molecule has 0 spiro atoms. The maximum Gasteiger partial charge on any atom is 0.138 e. The predicted molar refractivity (Wildman–Crippen MR) is 104 cm³/mol. The molecule has 0 N–H and O–H groups in total. The van der Waals surface area contributed by atoms with E-state index in [0.717, 1.165) is 40.9 Å². The summed E-state index contributed by atoms with van der Waals surface area (Å²) in [5.74, 6) is 0.830. The second kappa shape index (κ2) is 6.53. The molecule has 5 rings (SSSR count). The van der Waals surface area contributed by atoms with Crippen molar-refractivity contribution in [3.8, 4) is 16.8 Å². The molecule has 5 nitrogen and oxygen atoms in total. The molecule has 132 valence electrons. The molecule has 0 amide bonds. The fourth-order valence-corrected chi connectivity index (χ4v) is 4.28. The summed E-state index contributed by atoms with van der Waals surface area (Å²) in [5.41, 5.74) is 5.94. The van der Waals surface area contributed by atoms with Crippen LogP contribution in [0.4, 0.5) is 0 Å². The SMILES string of the molecule is N#Cc1ccc2c(c1)CCC[C@@H]2Oc1ccc2cnn(-c3cncs3)c2c1. The topological polar surface area (TPSA) is 63.7 Å². The van der Waals surface area contributed by atoms with E-state index < -0.39 is 0 Å². The Labute approximate surface area is 160 Å². The van der Waals surface area contributed by atoms with E-state index in [2.05, 4.69) is 16.2 Å². The van der Waals surface area contributed by atoms with E-state index in [9.17, 15) is 0 Å². The van der Waals surface area contributed by atoms with Crippen LogP contribution in [0, 0.1) is 11.3 Å². The minimum absolute atomic E-state index is 0.0127. The molecule has 0 aliphatic heterocycles. The molecule has 0 saturated carbocycles. The van der Waals surface area contributed by atoms with Crippen molar-refractivity contribution in [1.29, 1.82) is 5.26 Å². The van der Waals surface area contributed by atoms with Crippen molar-refractivity contribution in [3.63, 3.8) is 0 Å². The average molecular weight is 372 g/mol. The van der Waals surface area contributed by atoms with Crippen LogP contribution in [0.25, 0.3) is 15.9 Å². The molecule has 2 heterocycles. The highest BCUT2D eigenvalue weighted by atomic mass is 32.1. The third-order valence-corrected chi connectivity index (χ3v) is 5.73. The molecule has 0 saturated heterocycles. The van der Waals surface area contributed by atoms with Crippen molar-refractivity contribution in [2.24, 2.45) is 0 Å². The average Bonchev–Trinajstić information content (AvgIpc) is 3.37. The number of benzene rings is 2. The van der Waals surface area contributed by atoms with Gasteiger partial charge in [0.2, 0.25) is 0 Å². The highest BCUT2D eigenvalue weighted by Gasteiger charge is 2.22. The van der Waals surface area contributed by atoms with Crippen molar-refractivity contribution in [1.82, 2.24) is 14.8 Å². The highest BCUT2D eigenvalue weighted by molar-refractivity contribution is 7.12. The second-order valence-electron chi connectivity index (χ2n) is 6.64. The van der Waals surface area contributed by atoms with Crippen LogP contribution < -0.4 is 4.74 Å². The molecule has 2 aromatic carbocycles. The summed E-state index contributed by atoms with van der Waals surface area (Å²) >= 11 is 1.55. The normalized spacial score (nSPS) is 16.0. The number of nitriles is 1. The lowest BCUT2D eigenvalue weighted by Crippen LogP contribution is -2.15. The Morgan fingerprint density at radius 2 is 2.15 bits per heavy atom. The molecule has 1 atom stereocenters. The van der Waals surface area contributed by atoms with Gasteiger partial charge in [-0.05, 0) is 54.7 Å². The summed E-state index contributed by atoms with van der Waals surface area (Å²) < 4.78 is 8.27. The van der Waals surface area contributed by atoms with E-state index in [-0.39, 0.29) is 6.10 Å². The minimum atomic E-state index is 0.0127. The molecular weight excluding hydrogens is 356 g/mol. The lowest BCUT2D eigenvalue weighted by molar-refractivity contribution is 0.183. The van der Waals surface area contributed by atoms with Gasteiger partial charge >= 0.3 is 0 Å². The van der Waals surface area contributed by atoms with Crippen LogP contribution in [0.5, 0.6) is 5.75 Å². The van der Waals surface area contributed by atoms with E-state index in [1.165, 1.54) is 11.1 Å². The van der Waals surface area contributed by atoms with Crippen molar-refractivity contribution >= 4 is 22.2 Å². The van der Waals surface area contributed by atoms with Gasteiger partial charge in [-0.1, -0.05) is 6.07 Å². The van der Waals surface area contributed by atoms with Crippen LogP contribution in [0.3, 0.4) is 0 Å². The Balaban J connectivity index is 1.49. The van der Waals surface area contributed by atoms with Crippen LogP contribution in [-0.2, 0) is 6.42 Å². The summed E-state index contributed by atoms with van der Waals surface area (Å²) in [6, 6.07) is 14.2. The molecule has 0 radical (unpaired) electrons. The summed E-state index contributed by atoms with van der Waals surface area (Å²) in [6.45, 7) is 0. The monoisotopic (exact) mass is 372 g/mol. The fraction of sp³-hybridized carbons (Fsp3) is 0.190. The first-order valence-electron chi connectivity index (χ1n) is 8.88. The largest absolute Gasteiger partial charge is 0.486 e. The number of aromatic nitrogens is 3. The number of nitrogens with zero attached hydrogens (tertiary/aromatic N) is 4. The van der Waals surface area contributed by atoms with E-state index in [1.54, 1.807) is 16.8 Å². The maximum absolute atomic E-state index is 9.13.